The second kappa shape index (κ2) is 6.48. The van der Waals surface area contributed by atoms with Gasteiger partial charge in [0.25, 0.3) is 0 Å². The van der Waals surface area contributed by atoms with Crippen LogP contribution >= 0.6 is 15.9 Å². The van der Waals surface area contributed by atoms with Crippen LogP contribution in [0.1, 0.15) is 18.4 Å². The number of hydrogen-bond acceptors (Lipinski definition) is 2. The highest BCUT2D eigenvalue weighted by Gasteiger charge is 2.15. The molecule has 1 aliphatic heterocycles. The van der Waals surface area contributed by atoms with Crippen molar-refractivity contribution in [2.45, 2.75) is 19.4 Å². The van der Waals surface area contributed by atoms with Crippen molar-refractivity contribution in [1.82, 2.24) is 0 Å². The van der Waals surface area contributed by atoms with Crippen molar-refractivity contribution >= 4 is 27.3 Å². The highest BCUT2D eigenvalue weighted by atomic mass is 79.9. The zero-order valence-electron chi connectivity index (χ0n) is 11.8. The first-order chi connectivity index (χ1) is 10.2. The average Bonchev–Trinajstić information content (AvgIpc) is 3.01. The van der Waals surface area contributed by atoms with E-state index in [1.165, 1.54) is 24.6 Å². The highest BCUT2D eigenvalue weighted by molar-refractivity contribution is 9.10. The lowest BCUT2D eigenvalue weighted by Crippen LogP contribution is -2.19. The van der Waals surface area contributed by atoms with Crippen molar-refractivity contribution in [2.75, 3.05) is 23.3 Å². The van der Waals surface area contributed by atoms with Gasteiger partial charge in [0.1, 0.15) is 5.82 Å². The molecule has 0 radical (unpaired) electrons. The van der Waals surface area contributed by atoms with Gasteiger partial charge in [-0.05, 0) is 37.1 Å². The molecule has 2 aromatic carbocycles. The van der Waals surface area contributed by atoms with E-state index >= 15 is 0 Å². The number of nitrogens with zero attached hydrogens (tertiary/aromatic N) is 1. The summed E-state index contributed by atoms with van der Waals surface area (Å²) in [5, 5.41) is 3.37. The van der Waals surface area contributed by atoms with Gasteiger partial charge in [0.15, 0.2) is 0 Å². The van der Waals surface area contributed by atoms with Gasteiger partial charge in [0.2, 0.25) is 0 Å². The van der Waals surface area contributed by atoms with Crippen LogP contribution in [-0.4, -0.2) is 13.1 Å². The molecule has 1 aliphatic rings. The highest BCUT2D eigenvalue weighted by Crippen LogP contribution is 2.29. The van der Waals surface area contributed by atoms with Crippen molar-refractivity contribution in [3.63, 3.8) is 0 Å². The van der Waals surface area contributed by atoms with Crippen LogP contribution in [0.3, 0.4) is 0 Å². The molecule has 1 saturated heterocycles. The SMILES string of the molecule is Fc1cc(Br)ccc1CNc1ccccc1N1CCCC1. The molecular weight excluding hydrogens is 331 g/mol. The van der Waals surface area contributed by atoms with Gasteiger partial charge in [-0.2, -0.15) is 0 Å². The summed E-state index contributed by atoms with van der Waals surface area (Å²) < 4.78 is 14.6. The Labute approximate surface area is 133 Å². The molecule has 0 unspecified atom stereocenters. The summed E-state index contributed by atoms with van der Waals surface area (Å²) >= 11 is 3.28. The van der Waals surface area contributed by atoms with E-state index in [-0.39, 0.29) is 5.82 Å². The topological polar surface area (TPSA) is 15.3 Å². The van der Waals surface area contributed by atoms with Crippen LogP contribution < -0.4 is 10.2 Å². The maximum atomic E-state index is 13.9. The van der Waals surface area contributed by atoms with Gasteiger partial charge in [-0.25, -0.2) is 4.39 Å². The predicted octanol–water partition coefficient (Wildman–Crippen LogP) is 4.80. The van der Waals surface area contributed by atoms with E-state index in [2.05, 4.69) is 44.3 Å². The van der Waals surface area contributed by atoms with E-state index in [1.54, 1.807) is 0 Å². The Morgan fingerprint density at radius 3 is 2.62 bits per heavy atom. The molecule has 1 fully saturated rings. The van der Waals surface area contributed by atoms with E-state index in [1.807, 2.05) is 18.2 Å². The zero-order valence-corrected chi connectivity index (χ0v) is 13.4. The van der Waals surface area contributed by atoms with Gasteiger partial charge in [-0.15, -0.1) is 0 Å². The summed E-state index contributed by atoms with van der Waals surface area (Å²) in [5.41, 5.74) is 2.96. The average molecular weight is 349 g/mol. The second-order valence-corrected chi connectivity index (χ2v) is 6.22. The summed E-state index contributed by atoms with van der Waals surface area (Å²) in [6.07, 6.45) is 2.49. The number of para-hydroxylation sites is 2. The predicted molar refractivity (Wildman–Crippen MR) is 89.3 cm³/mol. The standard InChI is InChI=1S/C17H18BrFN2/c18-14-8-7-13(15(19)11-14)12-20-16-5-1-2-6-17(16)21-9-3-4-10-21/h1-2,5-8,11,20H,3-4,9-10,12H2. The quantitative estimate of drug-likeness (QED) is 0.853. The maximum Gasteiger partial charge on any atom is 0.129 e. The Morgan fingerprint density at radius 2 is 1.86 bits per heavy atom. The first-order valence-electron chi connectivity index (χ1n) is 7.26. The molecule has 0 saturated carbocycles. The summed E-state index contributed by atoms with van der Waals surface area (Å²) in [7, 11) is 0. The fourth-order valence-electron chi connectivity index (χ4n) is 2.71. The van der Waals surface area contributed by atoms with Gasteiger partial charge in [0, 0.05) is 29.7 Å². The number of anilines is 2. The molecule has 1 N–H and O–H groups in total. The summed E-state index contributed by atoms with van der Waals surface area (Å²) in [5.74, 6) is -0.185. The minimum absolute atomic E-state index is 0.185. The van der Waals surface area contributed by atoms with Crippen molar-refractivity contribution in [3.8, 4) is 0 Å². The Morgan fingerprint density at radius 1 is 1.10 bits per heavy atom. The minimum Gasteiger partial charge on any atom is -0.379 e. The normalized spacial score (nSPS) is 14.5. The fourth-order valence-corrected chi connectivity index (χ4v) is 3.05. The minimum atomic E-state index is -0.185. The third kappa shape index (κ3) is 3.38. The molecule has 4 heteroatoms. The third-order valence-electron chi connectivity index (χ3n) is 3.84. The van der Waals surface area contributed by atoms with Gasteiger partial charge in [-0.3, -0.25) is 0 Å². The number of rotatable bonds is 4. The number of benzene rings is 2. The molecule has 0 aliphatic carbocycles. The molecule has 0 spiro atoms. The van der Waals surface area contributed by atoms with Crippen LogP contribution in [0.2, 0.25) is 0 Å². The Bertz CT molecular complexity index is 624. The molecule has 0 amide bonds. The van der Waals surface area contributed by atoms with Crippen LogP contribution in [0.15, 0.2) is 46.9 Å². The van der Waals surface area contributed by atoms with Crippen molar-refractivity contribution < 1.29 is 4.39 Å². The molecule has 2 aromatic rings. The summed E-state index contributed by atoms with van der Waals surface area (Å²) in [6.45, 7) is 2.70. The van der Waals surface area contributed by atoms with E-state index < -0.39 is 0 Å². The lowest BCUT2D eigenvalue weighted by molar-refractivity contribution is 0.612. The lowest BCUT2D eigenvalue weighted by Gasteiger charge is -2.22. The summed E-state index contributed by atoms with van der Waals surface area (Å²) in [4.78, 5) is 2.39. The monoisotopic (exact) mass is 348 g/mol. The molecule has 21 heavy (non-hydrogen) atoms. The molecular formula is C17H18BrFN2. The van der Waals surface area contributed by atoms with E-state index in [9.17, 15) is 4.39 Å². The molecule has 0 atom stereocenters. The molecule has 1 heterocycles. The molecule has 3 rings (SSSR count). The number of hydrogen-bond donors (Lipinski definition) is 1. The van der Waals surface area contributed by atoms with E-state index in [0.717, 1.165) is 23.2 Å². The summed E-state index contributed by atoms with van der Waals surface area (Å²) in [6, 6.07) is 13.4. The second-order valence-electron chi connectivity index (χ2n) is 5.30. The Kier molecular flexibility index (Phi) is 4.44. The zero-order chi connectivity index (χ0) is 14.7. The maximum absolute atomic E-state index is 13.9. The van der Waals surface area contributed by atoms with E-state index in [0.29, 0.717) is 12.1 Å². The number of halogens is 2. The molecule has 110 valence electrons. The van der Waals surface area contributed by atoms with Gasteiger partial charge < -0.3 is 10.2 Å². The molecule has 0 aromatic heterocycles. The van der Waals surface area contributed by atoms with Crippen molar-refractivity contribution in [3.05, 3.63) is 58.3 Å². The first-order valence-corrected chi connectivity index (χ1v) is 8.05. The van der Waals surface area contributed by atoms with Crippen LogP contribution in [0, 0.1) is 5.82 Å². The largest absolute Gasteiger partial charge is 0.379 e. The van der Waals surface area contributed by atoms with Crippen LogP contribution in [-0.2, 0) is 6.54 Å². The van der Waals surface area contributed by atoms with Gasteiger partial charge >= 0.3 is 0 Å². The Hall–Kier alpha value is -1.55. The van der Waals surface area contributed by atoms with Crippen LogP contribution in [0.25, 0.3) is 0 Å². The molecule has 2 nitrogen and oxygen atoms in total. The van der Waals surface area contributed by atoms with Gasteiger partial charge in [0.05, 0.1) is 11.4 Å². The lowest BCUT2D eigenvalue weighted by atomic mass is 10.2. The number of nitrogens with one attached hydrogen (secondary N) is 1. The first kappa shape index (κ1) is 14.4. The third-order valence-corrected chi connectivity index (χ3v) is 4.33. The van der Waals surface area contributed by atoms with E-state index in [4.69, 9.17) is 0 Å². The van der Waals surface area contributed by atoms with Crippen molar-refractivity contribution in [2.24, 2.45) is 0 Å². The van der Waals surface area contributed by atoms with Crippen molar-refractivity contribution in [1.29, 1.82) is 0 Å². The van der Waals surface area contributed by atoms with Crippen LogP contribution in [0.5, 0.6) is 0 Å². The van der Waals surface area contributed by atoms with Gasteiger partial charge in [-0.1, -0.05) is 34.1 Å². The fraction of sp³-hybridized carbons (Fsp3) is 0.294. The van der Waals surface area contributed by atoms with Crippen LogP contribution in [0.4, 0.5) is 15.8 Å². The smallest absolute Gasteiger partial charge is 0.129 e. The molecule has 0 bridgehead atoms. The Balaban J connectivity index is 1.75.